The van der Waals surface area contributed by atoms with E-state index in [-0.39, 0.29) is 0 Å². The van der Waals surface area contributed by atoms with Gasteiger partial charge in [0.1, 0.15) is 11.3 Å². The van der Waals surface area contributed by atoms with Crippen molar-refractivity contribution in [3.05, 3.63) is 53.9 Å². The van der Waals surface area contributed by atoms with E-state index in [1.807, 2.05) is 28.8 Å². The van der Waals surface area contributed by atoms with Gasteiger partial charge in [-0.1, -0.05) is 30.3 Å². The second-order valence-electron chi connectivity index (χ2n) is 4.43. The average Bonchev–Trinajstić information content (AvgIpc) is 2.85. The molecule has 0 bridgehead atoms. The van der Waals surface area contributed by atoms with Crippen LogP contribution in [0.2, 0.25) is 0 Å². The van der Waals surface area contributed by atoms with Crippen molar-refractivity contribution in [2.75, 3.05) is 7.11 Å². The Labute approximate surface area is 122 Å². The highest BCUT2D eigenvalue weighted by Gasteiger charge is 2.12. The van der Waals surface area contributed by atoms with Crippen LogP contribution in [0.4, 0.5) is 0 Å². The second-order valence-corrected chi connectivity index (χ2v) is 4.70. The standard InChI is InChI=1S/C15H14ClN3O/c1-20-14-8-7-12-15(18-14)19(13(9-16)17-12)10-11-5-3-2-4-6-11/h2-8H,9-10H2,1H3. The van der Waals surface area contributed by atoms with Crippen LogP contribution in [0.15, 0.2) is 42.5 Å². The maximum Gasteiger partial charge on any atom is 0.215 e. The molecule has 0 saturated heterocycles. The van der Waals surface area contributed by atoms with Gasteiger partial charge in [0.05, 0.1) is 19.5 Å². The molecule has 4 nitrogen and oxygen atoms in total. The molecule has 20 heavy (non-hydrogen) atoms. The summed E-state index contributed by atoms with van der Waals surface area (Å²) >= 11 is 6.00. The Bertz CT molecular complexity index is 725. The van der Waals surface area contributed by atoms with Crippen molar-refractivity contribution in [1.29, 1.82) is 0 Å². The molecule has 2 heterocycles. The Morgan fingerprint density at radius 3 is 2.60 bits per heavy atom. The molecule has 0 aliphatic heterocycles. The molecule has 2 aromatic heterocycles. The number of fused-ring (bicyclic) bond motifs is 1. The van der Waals surface area contributed by atoms with Crippen LogP contribution >= 0.6 is 11.6 Å². The molecule has 5 heteroatoms. The summed E-state index contributed by atoms with van der Waals surface area (Å²) in [5.41, 5.74) is 2.81. The van der Waals surface area contributed by atoms with Gasteiger partial charge in [0.2, 0.25) is 5.88 Å². The van der Waals surface area contributed by atoms with E-state index < -0.39 is 0 Å². The fourth-order valence-corrected chi connectivity index (χ4v) is 2.38. The third kappa shape index (κ3) is 2.34. The molecule has 0 aliphatic rings. The molecule has 0 N–H and O–H groups in total. The molecule has 0 aliphatic carbocycles. The molecule has 0 radical (unpaired) electrons. The summed E-state index contributed by atoms with van der Waals surface area (Å²) in [6.07, 6.45) is 0. The SMILES string of the molecule is COc1ccc2nc(CCl)n(Cc3ccccc3)c2n1. The Morgan fingerprint density at radius 1 is 1.10 bits per heavy atom. The van der Waals surface area contributed by atoms with Gasteiger partial charge in [-0.2, -0.15) is 4.98 Å². The van der Waals surface area contributed by atoms with Crippen molar-refractivity contribution in [2.45, 2.75) is 12.4 Å². The molecule has 0 fully saturated rings. The Morgan fingerprint density at radius 2 is 1.90 bits per heavy atom. The maximum absolute atomic E-state index is 6.00. The molecule has 0 amide bonds. The highest BCUT2D eigenvalue weighted by molar-refractivity contribution is 6.16. The van der Waals surface area contributed by atoms with Gasteiger partial charge in [0, 0.05) is 6.07 Å². The van der Waals surface area contributed by atoms with Crippen LogP contribution in [0.25, 0.3) is 11.2 Å². The summed E-state index contributed by atoms with van der Waals surface area (Å²) < 4.78 is 7.21. The fourth-order valence-electron chi connectivity index (χ4n) is 2.18. The van der Waals surface area contributed by atoms with E-state index in [1.54, 1.807) is 13.2 Å². The predicted molar refractivity (Wildman–Crippen MR) is 79.2 cm³/mol. The number of pyridine rings is 1. The third-order valence-corrected chi connectivity index (χ3v) is 3.40. The monoisotopic (exact) mass is 287 g/mol. The second kappa shape index (κ2) is 5.51. The lowest BCUT2D eigenvalue weighted by molar-refractivity contribution is 0.399. The lowest BCUT2D eigenvalue weighted by Gasteiger charge is -2.07. The van der Waals surface area contributed by atoms with E-state index in [1.165, 1.54) is 5.56 Å². The van der Waals surface area contributed by atoms with Crippen LogP contribution in [-0.2, 0) is 12.4 Å². The molecular weight excluding hydrogens is 274 g/mol. The molecule has 0 spiro atoms. The number of nitrogens with zero attached hydrogens (tertiary/aromatic N) is 3. The van der Waals surface area contributed by atoms with Crippen molar-refractivity contribution >= 4 is 22.8 Å². The number of alkyl halides is 1. The topological polar surface area (TPSA) is 39.9 Å². The largest absolute Gasteiger partial charge is 0.481 e. The Kier molecular flexibility index (Phi) is 3.56. The van der Waals surface area contributed by atoms with Crippen molar-refractivity contribution in [1.82, 2.24) is 14.5 Å². The molecular formula is C15H14ClN3O. The molecule has 0 saturated carbocycles. The van der Waals surface area contributed by atoms with E-state index in [2.05, 4.69) is 22.1 Å². The summed E-state index contributed by atoms with van der Waals surface area (Å²) in [7, 11) is 1.61. The Hall–Kier alpha value is -2.07. The number of imidazole rings is 1. The van der Waals surface area contributed by atoms with Crippen molar-refractivity contribution in [3.8, 4) is 5.88 Å². The van der Waals surface area contributed by atoms with E-state index in [9.17, 15) is 0 Å². The summed E-state index contributed by atoms with van der Waals surface area (Å²) in [6.45, 7) is 0.694. The van der Waals surface area contributed by atoms with Gasteiger partial charge in [0.15, 0.2) is 5.65 Å². The highest BCUT2D eigenvalue weighted by atomic mass is 35.5. The van der Waals surface area contributed by atoms with Gasteiger partial charge in [-0.25, -0.2) is 4.98 Å². The first kappa shape index (κ1) is 12.9. The zero-order chi connectivity index (χ0) is 13.9. The van der Waals surface area contributed by atoms with E-state index >= 15 is 0 Å². The predicted octanol–water partition coefficient (Wildman–Crippen LogP) is 3.23. The number of benzene rings is 1. The lowest BCUT2D eigenvalue weighted by Crippen LogP contribution is -2.04. The van der Waals surface area contributed by atoms with E-state index in [4.69, 9.17) is 16.3 Å². The quantitative estimate of drug-likeness (QED) is 0.692. The first-order chi connectivity index (χ1) is 9.81. The lowest BCUT2D eigenvalue weighted by atomic mass is 10.2. The molecule has 3 aromatic rings. The fraction of sp³-hybridized carbons (Fsp3) is 0.200. The summed E-state index contributed by atoms with van der Waals surface area (Å²) in [5.74, 6) is 1.74. The molecule has 102 valence electrons. The normalized spacial score (nSPS) is 10.9. The van der Waals surface area contributed by atoms with Gasteiger partial charge >= 0.3 is 0 Å². The zero-order valence-corrected chi connectivity index (χ0v) is 11.8. The number of ether oxygens (including phenoxy) is 1. The minimum Gasteiger partial charge on any atom is -0.481 e. The van der Waals surface area contributed by atoms with Gasteiger partial charge < -0.3 is 9.30 Å². The first-order valence-electron chi connectivity index (χ1n) is 6.32. The van der Waals surface area contributed by atoms with Crippen LogP contribution in [0, 0.1) is 0 Å². The number of hydrogen-bond donors (Lipinski definition) is 0. The molecule has 0 atom stereocenters. The van der Waals surface area contributed by atoms with Crippen molar-refractivity contribution in [2.24, 2.45) is 0 Å². The smallest absolute Gasteiger partial charge is 0.215 e. The summed E-state index contributed by atoms with van der Waals surface area (Å²) in [5, 5.41) is 0. The van der Waals surface area contributed by atoms with Crippen LogP contribution in [0.3, 0.4) is 0 Å². The molecule has 1 aromatic carbocycles. The van der Waals surface area contributed by atoms with Crippen LogP contribution in [-0.4, -0.2) is 21.6 Å². The van der Waals surface area contributed by atoms with Crippen molar-refractivity contribution in [3.63, 3.8) is 0 Å². The average molecular weight is 288 g/mol. The number of hydrogen-bond acceptors (Lipinski definition) is 3. The summed E-state index contributed by atoms with van der Waals surface area (Å²) in [4.78, 5) is 8.99. The van der Waals surface area contributed by atoms with Crippen molar-refractivity contribution < 1.29 is 4.74 Å². The maximum atomic E-state index is 6.00. The number of aromatic nitrogens is 3. The van der Waals surface area contributed by atoms with Crippen LogP contribution in [0.1, 0.15) is 11.4 Å². The van der Waals surface area contributed by atoms with E-state index in [0.717, 1.165) is 17.0 Å². The third-order valence-electron chi connectivity index (χ3n) is 3.16. The number of methoxy groups -OCH3 is 1. The van der Waals surface area contributed by atoms with Crippen LogP contribution < -0.4 is 4.74 Å². The Balaban J connectivity index is 2.11. The molecule has 3 rings (SSSR count). The first-order valence-corrected chi connectivity index (χ1v) is 6.85. The number of rotatable bonds is 4. The van der Waals surface area contributed by atoms with Gasteiger partial charge in [0.25, 0.3) is 0 Å². The molecule has 0 unspecified atom stereocenters. The van der Waals surface area contributed by atoms with E-state index in [0.29, 0.717) is 18.3 Å². The van der Waals surface area contributed by atoms with Gasteiger partial charge in [-0.3, -0.25) is 0 Å². The minimum absolute atomic E-state index is 0.353. The van der Waals surface area contributed by atoms with Gasteiger partial charge in [-0.05, 0) is 11.6 Å². The van der Waals surface area contributed by atoms with Crippen LogP contribution in [0.5, 0.6) is 5.88 Å². The highest BCUT2D eigenvalue weighted by Crippen LogP contribution is 2.20. The van der Waals surface area contributed by atoms with Gasteiger partial charge in [-0.15, -0.1) is 11.6 Å². The summed E-state index contributed by atoms with van der Waals surface area (Å²) in [6, 6.07) is 13.9. The zero-order valence-electron chi connectivity index (χ0n) is 11.1. The number of halogens is 1. The minimum atomic E-state index is 0.353.